The van der Waals surface area contributed by atoms with Gasteiger partial charge in [0.25, 0.3) is 0 Å². The lowest BCUT2D eigenvalue weighted by atomic mass is 9.91. The maximum atomic E-state index is 6.67. The van der Waals surface area contributed by atoms with Crippen molar-refractivity contribution in [2.75, 3.05) is 0 Å². The summed E-state index contributed by atoms with van der Waals surface area (Å²) in [5.74, 6) is 0. The Kier molecular flexibility index (Phi) is 2.42. The van der Waals surface area contributed by atoms with Crippen molar-refractivity contribution in [3.05, 3.63) is 64.7 Å². The fraction of sp³-hybridized carbons (Fsp3) is 0.105. The van der Waals surface area contributed by atoms with Gasteiger partial charge < -0.3 is 4.98 Å². The molecule has 0 fully saturated rings. The van der Waals surface area contributed by atoms with Gasteiger partial charge in [-0.15, -0.1) is 0 Å². The van der Waals surface area contributed by atoms with Crippen LogP contribution in [0.4, 0.5) is 0 Å². The summed E-state index contributed by atoms with van der Waals surface area (Å²) in [7, 11) is 0. The van der Waals surface area contributed by atoms with E-state index in [-0.39, 0.29) is 0 Å². The normalized spacial score (nSPS) is 13.3. The summed E-state index contributed by atoms with van der Waals surface area (Å²) in [5, 5.41) is 3.20. The monoisotopic (exact) mass is 304 g/mol. The Morgan fingerprint density at radius 2 is 1.59 bits per heavy atom. The van der Waals surface area contributed by atoms with E-state index in [2.05, 4.69) is 29.2 Å². The fourth-order valence-corrected chi connectivity index (χ4v) is 3.90. The zero-order chi connectivity index (χ0) is 14.7. The predicted octanol–water partition coefficient (Wildman–Crippen LogP) is 5.14. The van der Waals surface area contributed by atoms with Crippen LogP contribution in [0.15, 0.2) is 48.5 Å². The Balaban J connectivity index is 1.91. The van der Waals surface area contributed by atoms with Crippen LogP contribution in [0.3, 0.4) is 0 Å². The van der Waals surface area contributed by atoms with Crippen LogP contribution < -0.4 is 0 Å². The van der Waals surface area contributed by atoms with E-state index in [0.29, 0.717) is 0 Å². The largest absolute Gasteiger partial charge is 0.353 e. The first-order chi connectivity index (χ1) is 10.8. The van der Waals surface area contributed by atoms with Crippen molar-refractivity contribution in [3.8, 4) is 11.4 Å². The van der Waals surface area contributed by atoms with Crippen LogP contribution in [-0.2, 0) is 12.8 Å². The molecule has 0 amide bonds. The number of nitrogens with zero attached hydrogens (tertiary/aromatic N) is 1. The zero-order valence-electron chi connectivity index (χ0n) is 11.9. The second kappa shape index (κ2) is 4.34. The van der Waals surface area contributed by atoms with Gasteiger partial charge in [0.2, 0.25) is 0 Å². The van der Waals surface area contributed by atoms with Gasteiger partial charge in [0.05, 0.1) is 21.9 Å². The van der Waals surface area contributed by atoms with Crippen LogP contribution in [0.1, 0.15) is 11.1 Å². The molecule has 0 aliphatic heterocycles. The maximum Gasteiger partial charge on any atom is 0.0922 e. The highest BCUT2D eigenvalue weighted by molar-refractivity contribution is 6.36. The molecule has 1 aliphatic rings. The Morgan fingerprint density at radius 1 is 0.864 bits per heavy atom. The molecule has 0 radical (unpaired) electrons. The van der Waals surface area contributed by atoms with E-state index in [1.54, 1.807) is 0 Å². The quantitative estimate of drug-likeness (QED) is 0.479. The molecule has 106 valence electrons. The molecule has 3 heteroatoms. The number of H-pyrrole nitrogens is 1. The van der Waals surface area contributed by atoms with Crippen molar-refractivity contribution in [1.82, 2.24) is 9.97 Å². The van der Waals surface area contributed by atoms with Crippen LogP contribution in [0.5, 0.6) is 0 Å². The molecule has 0 saturated heterocycles. The Bertz CT molecular complexity index is 1050. The summed E-state index contributed by atoms with van der Waals surface area (Å²) in [4.78, 5) is 8.44. The number of rotatable bonds is 0. The van der Waals surface area contributed by atoms with Gasteiger partial charge in [0.1, 0.15) is 0 Å². The number of para-hydroxylation sites is 2. The molecule has 1 N–H and O–H groups in total. The molecule has 2 aromatic heterocycles. The number of fused-ring (bicyclic) bond motifs is 6. The third kappa shape index (κ3) is 1.53. The SMILES string of the molecule is Clc1c2c(nc3ccccc13)-c1[nH]c3ccccc3c1CC2. The first kappa shape index (κ1) is 12.2. The summed E-state index contributed by atoms with van der Waals surface area (Å²) >= 11 is 6.67. The number of halogens is 1. The summed E-state index contributed by atoms with van der Waals surface area (Å²) in [6.07, 6.45) is 1.95. The zero-order valence-corrected chi connectivity index (χ0v) is 12.6. The van der Waals surface area contributed by atoms with Crippen molar-refractivity contribution >= 4 is 33.4 Å². The molecular weight excluding hydrogens is 292 g/mol. The molecular formula is C19H13ClN2. The minimum absolute atomic E-state index is 0.852. The van der Waals surface area contributed by atoms with Gasteiger partial charge in [-0.1, -0.05) is 48.0 Å². The smallest absolute Gasteiger partial charge is 0.0922 e. The van der Waals surface area contributed by atoms with Crippen LogP contribution in [0.25, 0.3) is 33.2 Å². The fourth-order valence-electron chi connectivity index (χ4n) is 3.56. The van der Waals surface area contributed by atoms with Gasteiger partial charge >= 0.3 is 0 Å². The molecule has 2 nitrogen and oxygen atoms in total. The first-order valence-corrected chi connectivity index (χ1v) is 7.88. The number of aryl methyl sites for hydroxylation is 1. The number of pyridine rings is 1. The first-order valence-electron chi connectivity index (χ1n) is 7.50. The Hall–Kier alpha value is -2.32. The van der Waals surface area contributed by atoms with Crippen molar-refractivity contribution in [3.63, 3.8) is 0 Å². The second-order valence-corrected chi connectivity index (χ2v) is 6.17. The van der Waals surface area contributed by atoms with Crippen LogP contribution in [-0.4, -0.2) is 9.97 Å². The number of hydrogen-bond acceptors (Lipinski definition) is 1. The minimum atomic E-state index is 0.852. The molecule has 2 aromatic carbocycles. The van der Waals surface area contributed by atoms with E-state index in [0.717, 1.165) is 40.2 Å². The topological polar surface area (TPSA) is 28.7 Å². The van der Waals surface area contributed by atoms with E-state index >= 15 is 0 Å². The van der Waals surface area contributed by atoms with E-state index in [4.69, 9.17) is 16.6 Å². The Labute approximate surface area is 132 Å². The molecule has 4 aromatic rings. The van der Waals surface area contributed by atoms with Gasteiger partial charge in [-0.25, -0.2) is 4.98 Å². The maximum absolute atomic E-state index is 6.67. The molecule has 0 spiro atoms. The molecule has 5 rings (SSSR count). The lowest BCUT2D eigenvalue weighted by Crippen LogP contribution is -2.06. The minimum Gasteiger partial charge on any atom is -0.353 e. The number of aromatic amines is 1. The van der Waals surface area contributed by atoms with E-state index < -0.39 is 0 Å². The number of aromatic nitrogens is 2. The van der Waals surface area contributed by atoms with Crippen molar-refractivity contribution in [1.29, 1.82) is 0 Å². The van der Waals surface area contributed by atoms with Crippen molar-refractivity contribution < 1.29 is 0 Å². The molecule has 1 aliphatic carbocycles. The van der Waals surface area contributed by atoms with E-state index in [9.17, 15) is 0 Å². The molecule has 0 atom stereocenters. The van der Waals surface area contributed by atoms with Gasteiger partial charge in [-0.2, -0.15) is 0 Å². The average Bonchev–Trinajstić information content (AvgIpc) is 2.94. The number of benzene rings is 2. The highest BCUT2D eigenvalue weighted by Gasteiger charge is 2.24. The van der Waals surface area contributed by atoms with Crippen molar-refractivity contribution in [2.24, 2.45) is 0 Å². The van der Waals surface area contributed by atoms with Crippen molar-refractivity contribution in [2.45, 2.75) is 12.8 Å². The molecule has 2 heterocycles. The molecule has 0 unspecified atom stereocenters. The Morgan fingerprint density at radius 3 is 2.50 bits per heavy atom. The summed E-state index contributed by atoms with van der Waals surface area (Å²) in [6.45, 7) is 0. The van der Waals surface area contributed by atoms with Crippen LogP contribution >= 0.6 is 11.6 Å². The van der Waals surface area contributed by atoms with Crippen LogP contribution in [0.2, 0.25) is 5.02 Å². The van der Waals surface area contributed by atoms with E-state index in [1.165, 1.54) is 22.0 Å². The second-order valence-electron chi connectivity index (χ2n) is 5.79. The highest BCUT2D eigenvalue weighted by Crippen LogP contribution is 2.41. The lowest BCUT2D eigenvalue weighted by Gasteiger charge is -2.18. The van der Waals surface area contributed by atoms with Gasteiger partial charge in [0.15, 0.2) is 0 Å². The number of nitrogens with one attached hydrogen (secondary N) is 1. The predicted molar refractivity (Wildman–Crippen MR) is 91.5 cm³/mol. The lowest BCUT2D eigenvalue weighted by molar-refractivity contribution is 0.938. The molecule has 0 bridgehead atoms. The van der Waals surface area contributed by atoms with Gasteiger partial charge in [0, 0.05) is 16.3 Å². The number of hydrogen-bond donors (Lipinski definition) is 1. The van der Waals surface area contributed by atoms with Crippen LogP contribution in [0, 0.1) is 0 Å². The third-order valence-electron chi connectivity index (χ3n) is 4.60. The highest BCUT2D eigenvalue weighted by atomic mass is 35.5. The molecule has 0 saturated carbocycles. The summed E-state index contributed by atoms with van der Waals surface area (Å²) in [6, 6.07) is 16.5. The molecule has 22 heavy (non-hydrogen) atoms. The summed E-state index contributed by atoms with van der Waals surface area (Å²) < 4.78 is 0. The van der Waals surface area contributed by atoms with E-state index in [1.807, 2.05) is 24.3 Å². The summed E-state index contributed by atoms with van der Waals surface area (Å²) in [5.41, 5.74) is 6.81. The van der Waals surface area contributed by atoms with Gasteiger partial charge in [-0.05, 0) is 36.1 Å². The standard InChI is InChI=1S/C19H13ClN2/c20-17-13-6-2-4-8-16(13)22-19-14(17)10-9-12-11-5-1-3-7-15(11)21-18(12)19/h1-8,21H,9-10H2. The van der Waals surface area contributed by atoms with Gasteiger partial charge in [-0.3, -0.25) is 0 Å². The average molecular weight is 305 g/mol. The third-order valence-corrected chi connectivity index (χ3v) is 5.03.